The summed E-state index contributed by atoms with van der Waals surface area (Å²) in [5.74, 6) is 0.168. The Hall–Kier alpha value is -1.49. The summed E-state index contributed by atoms with van der Waals surface area (Å²) < 4.78 is 4.98. The number of carbonyl (C=O) groups excluding carboxylic acids is 1. The maximum absolute atomic E-state index is 11.0. The number of hydrogen-bond donors (Lipinski definition) is 0. The Morgan fingerprint density at radius 2 is 1.50 bits per heavy atom. The Bertz CT molecular complexity index is 561. The van der Waals surface area contributed by atoms with E-state index in [1.807, 2.05) is 24.3 Å². The van der Waals surface area contributed by atoms with Gasteiger partial charge in [-0.1, -0.05) is 0 Å². The summed E-state index contributed by atoms with van der Waals surface area (Å²) in [6, 6.07) is 16.6. The van der Waals surface area contributed by atoms with Gasteiger partial charge in [0.2, 0.25) is 0 Å². The zero-order valence-electron chi connectivity index (χ0n) is 10.2. The summed E-state index contributed by atoms with van der Waals surface area (Å²) in [7, 11) is 0. The number of ether oxygens (including phenoxy) is 1. The fourth-order valence-corrected chi connectivity index (χ4v) is 2.64. The molecule has 0 fully saturated rings. The molecule has 0 N–H and O–H groups in total. The van der Waals surface area contributed by atoms with E-state index in [-0.39, 0.29) is 10.6 Å². The standard InChI is InChI=1S/C15H11O2.Li/c16-10-17-9-15-13-7-3-1-5-11(13)12-6-2-4-8-14(12)15;/h1-8,15H,9H2;. The Balaban J connectivity index is 2.06. The van der Waals surface area contributed by atoms with Crippen LogP contribution in [0.25, 0.3) is 11.1 Å². The first-order valence-corrected chi connectivity index (χ1v) is 6.09. The Labute approximate surface area is 115 Å². The molecule has 0 aliphatic heterocycles. The van der Waals surface area contributed by atoms with Crippen LogP contribution in [0, 0.1) is 0 Å². The van der Waals surface area contributed by atoms with Gasteiger partial charge in [0, 0.05) is 0 Å². The second-order valence-electron chi connectivity index (χ2n) is 4.53. The molecule has 2 aromatic carbocycles. The molecule has 0 heterocycles. The molecule has 2 nitrogen and oxygen atoms in total. The van der Waals surface area contributed by atoms with Crippen LogP contribution in [0.5, 0.6) is 0 Å². The van der Waals surface area contributed by atoms with E-state index in [1.54, 1.807) is 0 Å². The van der Waals surface area contributed by atoms with Crippen LogP contribution in [0.1, 0.15) is 17.0 Å². The molecule has 0 aromatic heterocycles. The summed E-state index contributed by atoms with van der Waals surface area (Å²) in [6.07, 6.45) is 0. The summed E-state index contributed by atoms with van der Waals surface area (Å²) >= 11 is 1.45. The molecule has 0 saturated carbocycles. The molecule has 84 valence electrons. The quantitative estimate of drug-likeness (QED) is 0.741. The van der Waals surface area contributed by atoms with Gasteiger partial charge < -0.3 is 0 Å². The Kier molecular flexibility index (Phi) is 2.99. The van der Waals surface area contributed by atoms with Crippen molar-refractivity contribution < 1.29 is 9.53 Å². The first-order valence-electron chi connectivity index (χ1n) is 6.09. The van der Waals surface area contributed by atoms with Crippen LogP contribution in [0.2, 0.25) is 0 Å². The van der Waals surface area contributed by atoms with Gasteiger partial charge in [0.25, 0.3) is 0 Å². The first kappa shape index (κ1) is 11.6. The second kappa shape index (κ2) is 4.64. The van der Waals surface area contributed by atoms with E-state index >= 15 is 0 Å². The van der Waals surface area contributed by atoms with Crippen molar-refractivity contribution in [1.29, 1.82) is 0 Å². The van der Waals surface area contributed by atoms with Crippen molar-refractivity contribution >= 4 is 22.4 Å². The third kappa shape index (κ3) is 1.88. The van der Waals surface area contributed by atoms with E-state index in [0.29, 0.717) is 6.61 Å². The van der Waals surface area contributed by atoms with Gasteiger partial charge in [-0.2, -0.15) is 0 Å². The van der Waals surface area contributed by atoms with Gasteiger partial charge in [0.05, 0.1) is 0 Å². The van der Waals surface area contributed by atoms with Crippen LogP contribution in [0.4, 0.5) is 4.79 Å². The van der Waals surface area contributed by atoms with Gasteiger partial charge >= 0.3 is 115 Å². The first-order chi connectivity index (χ1) is 8.77. The van der Waals surface area contributed by atoms with E-state index in [4.69, 9.17) is 4.74 Å². The van der Waals surface area contributed by atoms with Gasteiger partial charge in [-0.3, -0.25) is 0 Å². The number of carbonyl (C=O) groups is 1. The van der Waals surface area contributed by atoms with Crippen molar-refractivity contribution in [2.45, 2.75) is 5.92 Å². The van der Waals surface area contributed by atoms with Crippen molar-refractivity contribution in [3.05, 3.63) is 59.7 Å². The zero-order valence-corrected chi connectivity index (χ0v) is 10.2. The summed E-state index contributed by atoms with van der Waals surface area (Å²) in [5, 5.41) is 0. The second-order valence-corrected chi connectivity index (χ2v) is 4.53. The molecule has 18 heavy (non-hydrogen) atoms. The third-order valence-corrected chi connectivity index (χ3v) is 3.42. The van der Waals surface area contributed by atoms with Crippen LogP contribution in [-0.2, 0) is 4.74 Å². The number of fused-ring (bicyclic) bond motifs is 3. The minimum absolute atomic E-state index is 0.168. The van der Waals surface area contributed by atoms with E-state index in [1.165, 1.54) is 40.0 Å². The predicted molar refractivity (Wildman–Crippen MR) is 70.8 cm³/mol. The van der Waals surface area contributed by atoms with Crippen LogP contribution < -0.4 is 0 Å². The van der Waals surface area contributed by atoms with Crippen molar-refractivity contribution in [2.24, 2.45) is 0 Å². The van der Waals surface area contributed by atoms with Gasteiger partial charge in [0.15, 0.2) is 0 Å². The number of benzene rings is 2. The Morgan fingerprint density at radius 3 is 2.00 bits per heavy atom. The van der Waals surface area contributed by atoms with Crippen molar-refractivity contribution in [3.8, 4) is 11.1 Å². The van der Waals surface area contributed by atoms with Crippen molar-refractivity contribution in [2.75, 3.05) is 6.61 Å². The van der Waals surface area contributed by atoms with E-state index in [9.17, 15) is 4.79 Å². The molecule has 3 rings (SSSR count). The molecule has 0 amide bonds. The molecule has 0 saturated heterocycles. The summed E-state index contributed by atoms with van der Waals surface area (Å²) in [5.41, 5.74) is 5.01. The summed E-state index contributed by atoms with van der Waals surface area (Å²) in [6.45, 7) is 0.420. The van der Waals surface area contributed by atoms with Crippen LogP contribution >= 0.6 is 0 Å². The molecule has 0 bridgehead atoms. The molecular weight excluding hydrogens is 219 g/mol. The van der Waals surface area contributed by atoms with Gasteiger partial charge in [-0.15, -0.1) is 0 Å². The van der Waals surface area contributed by atoms with Crippen molar-refractivity contribution in [1.82, 2.24) is 0 Å². The molecule has 3 heteroatoms. The predicted octanol–water partition coefficient (Wildman–Crippen LogP) is 3.10. The topological polar surface area (TPSA) is 26.3 Å². The van der Waals surface area contributed by atoms with Crippen LogP contribution in [0.3, 0.4) is 0 Å². The van der Waals surface area contributed by atoms with E-state index in [2.05, 4.69) is 24.3 Å². The molecule has 0 radical (unpaired) electrons. The van der Waals surface area contributed by atoms with E-state index < -0.39 is 0 Å². The van der Waals surface area contributed by atoms with Crippen LogP contribution in [0.15, 0.2) is 48.5 Å². The number of rotatable bonds is 2. The van der Waals surface area contributed by atoms with Crippen molar-refractivity contribution in [3.63, 3.8) is 0 Å². The molecule has 0 spiro atoms. The molecule has 1 aliphatic rings. The molecule has 0 atom stereocenters. The van der Waals surface area contributed by atoms with E-state index in [0.717, 1.165) is 0 Å². The summed E-state index contributed by atoms with van der Waals surface area (Å²) in [4.78, 5) is 11.0. The molecular formula is C15H11LiO2. The molecule has 0 unspecified atom stereocenters. The molecule has 1 aliphatic carbocycles. The Morgan fingerprint density at radius 1 is 1.00 bits per heavy atom. The maximum atomic E-state index is 11.0. The molecule has 2 aromatic rings. The van der Waals surface area contributed by atoms with Crippen LogP contribution in [-0.4, -0.2) is 29.0 Å². The third-order valence-electron chi connectivity index (χ3n) is 3.42. The normalized spacial score (nSPS) is 13.0. The SMILES string of the molecule is [Li][C](=O)OCC1c2ccccc2-c2ccccc21. The minimum atomic E-state index is -0.225. The number of hydrogen-bond acceptors (Lipinski definition) is 2. The average molecular weight is 230 g/mol. The van der Waals surface area contributed by atoms with Gasteiger partial charge in [-0.05, 0) is 0 Å². The zero-order chi connectivity index (χ0) is 12.5. The monoisotopic (exact) mass is 230 g/mol. The van der Waals surface area contributed by atoms with Gasteiger partial charge in [-0.25, -0.2) is 0 Å². The fraction of sp³-hybridized carbons (Fsp3) is 0.133. The average Bonchev–Trinajstić information content (AvgIpc) is 2.71. The fourth-order valence-electron chi connectivity index (χ4n) is 2.64. The van der Waals surface area contributed by atoms with Gasteiger partial charge in [0.1, 0.15) is 0 Å².